The highest BCUT2D eigenvalue weighted by Crippen LogP contribution is 2.08. The van der Waals surface area contributed by atoms with Gasteiger partial charge in [0, 0.05) is 13.1 Å². The van der Waals surface area contributed by atoms with Gasteiger partial charge in [-0.2, -0.15) is 0 Å². The van der Waals surface area contributed by atoms with E-state index in [1.165, 1.54) is 0 Å². The second kappa shape index (κ2) is 6.83. The zero-order valence-electron chi connectivity index (χ0n) is 10.9. The third kappa shape index (κ3) is 5.78. The Bertz CT molecular complexity index is 190. The van der Waals surface area contributed by atoms with Crippen LogP contribution in [0.2, 0.25) is 0 Å². The van der Waals surface area contributed by atoms with Crippen LogP contribution in [-0.4, -0.2) is 25.0 Å². The molecule has 2 unspecified atom stereocenters. The van der Waals surface area contributed by atoms with E-state index >= 15 is 0 Å². The fourth-order valence-electron chi connectivity index (χ4n) is 1.81. The van der Waals surface area contributed by atoms with Crippen LogP contribution in [0.15, 0.2) is 0 Å². The molecule has 3 heteroatoms. The standard InChI is InChI=1S/C12H26N2O/c1-8(2)7-10(5)14-11(9(3)4)12(15)13-6/h8-11,14H,7H2,1-6H3,(H,13,15). The van der Waals surface area contributed by atoms with Crippen LogP contribution in [0.5, 0.6) is 0 Å². The van der Waals surface area contributed by atoms with Gasteiger partial charge < -0.3 is 10.6 Å². The Morgan fingerprint density at radius 1 is 1.13 bits per heavy atom. The summed E-state index contributed by atoms with van der Waals surface area (Å²) in [5, 5.41) is 6.09. The van der Waals surface area contributed by atoms with Crippen LogP contribution in [0.1, 0.15) is 41.0 Å². The lowest BCUT2D eigenvalue weighted by molar-refractivity contribution is -0.123. The van der Waals surface area contributed by atoms with Crippen molar-refractivity contribution in [3.05, 3.63) is 0 Å². The third-order valence-electron chi connectivity index (χ3n) is 2.48. The first kappa shape index (κ1) is 14.4. The lowest BCUT2D eigenvalue weighted by atomic mass is 9.99. The fourth-order valence-corrected chi connectivity index (χ4v) is 1.81. The second-order valence-corrected chi connectivity index (χ2v) is 5.03. The number of nitrogens with one attached hydrogen (secondary N) is 2. The topological polar surface area (TPSA) is 41.1 Å². The molecule has 0 aliphatic heterocycles. The molecular formula is C12H26N2O. The van der Waals surface area contributed by atoms with Gasteiger partial charge in [0.1, 0.15) is 0 Å². The summed E-state index contributed by atoms with van der Waals surface area (Å²) in [5.74, 6) is 1.06. The van der Waals surface area contributed by atoms with Crippen LogP contribution in [0.4, 0.5) is 0 Å². The highest BCUT2D eigenvalue weighted by molar-refractivity contribution is 5.81. The summed E-state index contributed by atoms with van der Waals surface area (Å²) in [4.78, 5) is 11.6. The number of rotatable bonds is 6. The molecule has 0 saturated carbocycles. The highest BCUT2D eigenvalue weighted by Gasteiger charge is 2.22. The van der Waals surface area contributed by atoms with Gasteiger partial charge in [0.05, 0.1) is 6.04 Å². The molecule has 0 fully saturated rings. The van der Waals surface area contributed by atoms with Crippen molar-refractivity contribution in [1.82, 2.24) is 10.6 Å². The summed E-state index contributed by atoms with van der Waals surface area (Å²) in [6.07, 6.45) is 1.10. The molecule has 90 valence electrons. The largest absolute Gasteiger partial charge is 0.358 e. The Morgan fingerprint density at radius 3 is 2.00 bits per heavy atom. The summed E-state index contributed by atoms with van der Waals surface area (Å²) in [7, 11) is 1.69. The molecule has 2 N–H and O–H groups in total. The summed E-state index contributed by atoms with van der Waals surface area (Å²) in [6, 6.07) is 0.304. The van der Waals surface area contributed by atoms with E-state index in [2.05, 4.69) is 45.3 Å². The van der Waals surface area contributed by atoms with E-state index < -0.39 is 0 Å². The van der Waals surface area contributed by atoms with Crippen molar-refractivity contribution < 1.29 is 4.79 Å². The first-order chi connectivity index (χ1) is 6.88. The van der Waals surface area contributed by atoms with E-state index in [-0.39, 0.29) is 11.9 Å². The van der Waals surface area contributed by atoms with Crippen LogP contribution in [0.25, 0.3) is 0 Å². The molecule has 0 aliphatic carbocycles. The van der Waals surface area contributed by atoms with Crippen molar-refractivity contribution in [1.29, 1.82) is 0 Å². The SMILES string of the molecule is CNC(=O)C(NC(C)CC(C)C)C(C)C. The molecule has 0 rings (SSSR count). The van der Waals surface area contributed by atoms with E-state index in [4.69, 9.17) is 0 Å². The van der Waals surface area contributed by atoms with Crippen molar-refractivity contribution in [2.45, 2.75) is 53.1 Å². The smallest absolute Gasteiger partial charge is 0.237 e. The molecule has 0 saturated heterocycles. The van der Waals surface area contributed by atoms with Crippen molar-refractivity contribution in [2.24, 2.45) is 11.8 Å². The lowest BCUT2D eigenvalue weighted by Crippen LogP contribution is -2.49. The number of likely N-dealkylation sites (N-methyl/N-ethyl adjacent to an activating group) is 1. The van der Waals surface area contributed by atoms with Crippen LogP contribution >= 0.6 is 0 Å². The first-order valence-corrected chi connectivity index (χ1v) is 5.86. The second-order valence-electron chi connectivity index (χ2n) is 5.03. The molecule has 0 aromatic rings. The zero-order valence-corrected chi connectivity index (χ0v) is 10.9. The molecule has 1 amide bonds. The quantitative estimate of drug-likeness (QED) is 0.707. The van der Waals surface area contributed by atoms with Gasteiger partial charge in [-0.15, -0.1) is 0 Å². The molecule has 0 heterocycles. The zero-order chi connectivity index (χ0) is 12.0. The summed E-state index contributed by atoms with van der Waals surface area (Å²) in [5.41, 5.74) is 0. The molecule has 0 aromatic heterocycles. The predicted molar refractivity (Wildman–Crippen MR) is 64.7 cm³/mol. The minimum absolute atomic E-state index is 0.0799. The van der Waals surface area contributed by atoms with E-state index in [0.717, 1.165) is 6.42 Å². The molecule has 0 spiro atoms. The lowest BCUT2D eigenvalue weighted by Gasteiger charge is -2.25. The van der Waals surface area contributed by atoms with Crippen molar-refractivity contribution in [3.8, 4) is 0 Å². The predicted octanol–water partition coefficient (Wildman–Crippen LogP) is 1.78. The number of amides is 1. The molecule has 0 radical (unpaired) electrons. The van der Waals surface area contributed by atoms with Gasteiger partial charge in [-0.3, -0.25) is 4.79 Å². The van der Waals surface area contributed by atoms with Crippen LogP contribution in [0, 0.1) is 11.8 Å². The van der Waals surface area contributed by atoms with Gasteiger partial charge in [0.2, 0.25) is 5.91 Å². The highest BCUT2D eigenvalue weighted by atomic mass is 16.2. The van der Waals surface area contributed by atoms with Crippen LogP contribution in [0.3, 0.4) is 0 Å². The Balaban J connectivity index is 4.22. The Kier molecular flexibility index (Phi) is 6.57. The van der Waals surface area contributed by atoms with E-state index in [1.54, 1.807) is 7.05 Å². The maximum Gasteiger partial charge on any atom is 0.237 e. The van der Waals surface area contributed by atoms with Gasteiger partial charge >= 0.3 is 0 Å². The monoisotopic (exact) mass is 214 g/mol. The summed E-state index contributed by atoms with van der Waals surface area (Å²) < 4.78 is 0. The number of carbonyl (C=O) groups excluding carboxylic acids is 1. The van der Waals surface area contributed by atoms with Crippen LogP contribution in [-0.2, 0) is 4.79 Å². The maximum absolute atomic E-state index is 11.6. The average Bonchev–Trinajstić information content (AvgIpc) is 2.11. The van der Waals surface area contributed by atoms with Crippen LogP contribution < -0.4 is 10.6 Å². The van der Waals surface area contributed by atoms with Crippen molar-refractivity contribution >= 4 is 5.91 Å². The average molecular weight is 214 g/mol. The van der Waals surface area contributed by atoms with Gasteiger partial charge in [0.15, 0.2) is 0 Å². The number of hydrogen-bond acceptors (Lipinski definition) is 2. The Labute approximate surface area is 94.0 Å². The summed E-state index contributed by atoms with van der Waals surface area (Å²) in [6.45, 7) is 10.7. The van der Waals surface area contributed by atoms with Gasteiger partial charge in [0.25, 0.3) is 0 Å². The normalized spacial score (nSPS) is 15.5. The minimum atomic E-state index is -0.0799. The fraction of sp³-hybridized carbons (Fsp3) is 0.917. The maximum atomic E-state index is 11.6. The molecule has 15 heavy (non-hydrogen) atoms. The first-order valence-electron chi connectivity index (χ1n) is 5.86. The Hall–Kier alpha value is -0.570. The molecule has 0 aliphatic rings. The van der Waals surface area contributed by atoms with Crippen molar-refractivity contribution in [2.75, 3.05) is 7.05 Å². The van der Waals surface area contributed by atoms with Gasteiger partial charge in [-0.25, -0.2) is 0 Å². The van der Waals surface area contributed by atoms with E-state index in [9.17, 15) is 4.79 Å². The van der Waals surface area contributed by atoms with E-state index in [1.807, 2.05) is 0 Å². The molecular weight excluding hydrogens is 188 g/mol. The number of carbonyl (C=O) groups is 1. The molecule has 3 nitrogen and oxygen atoms in total. The Morgan fingerprint density at radius 2 is 1.67 bits per heavy atom. The molecule has 0 aromatic carbocycles. The minimum Gasteiger partial charge on any atom is -0.358 e. The molecule has 2 atom stereocenters. The van der Waals surface area contributed by atoms with Crippen molar-refractivity contribution in [3.63, 3.8) is 0 Å². The van der Waals surface area contributed by atoms with Gasteiger partial charge in [-0.05, 0) is 25.2 Å². The molecule has 0 bridgehead atoms. The number of hydrogen-bond donors (Lipinski definition) is 2. The van der Waals surface area contributed by atoms with E-state index in [0.29, 0.717) is 17.9 Å². The third-order valence-corrected chi connectivity index (χ3v) is 2.48. The summed E-state index contributed by atoms with van der Waals surface area (Å²) >= 11 is 0. The van der Waals surface area contributed by atoms with Gasteiger partial charge in [-0.1, -0.05) is 27.7 Å².